The Kier molecular flexibility index (Phi) is 4.47. The molecular formula is C18H15NO5. The van der Waals surface area contributed by atoms with Crippen LogP contribution in [0.1, 0.15) is 5.56 Å². The van der Waals surface area contributed by atoms with Crippen molar-refractivity contribution in [3.63, 3.8) is 0 Å². The maximum atomic E-state index is 12.0. The zero-order valence-corrected chi connectivity index (χ0v) is 13.2. The first-order chi connectivity index (χ1) is 11.7. The van der Waals surface area contributed by atoms with Gasteiger partial charge in [-0.05, 0) is 18.2 Å². The monoisotopic (exact) mass is 325 g/mol. The fraction of sp³-hybridized carbons (Fsp3) is 0.111. The topological polar surface area (TPSA) is 70.8 Å². The van der Waals surface area contributed by atoms with Crippen LogP contribution < -0.4 is 4.74 Å². The molecule has 0 bridgehead atoms. The summed E-state index contributed by atoms with van der Waals surface area (Å²) in [6.45, 7) is 0. The minimum absolute atomic E-state index is 0.0882. The molecule has 0 amide bonds. The molecule has 0 aliphatic heterocycles. The summed E-state index contributed by atoms with van der Waals surface area (Å²) in [6.07, 6.45) is 1.39. The van der Waals surface area contributed by atoms with Crippen molar-refractivity contribution in [3.8, 4) is 11.8 Å². The Bertz CT molecular complexity index is 864. The molecule has 3 aromatic rings. The second-order valence-electron chi connectivity index (χ2n) is 4.80. The zero-order valence-electron chi connectivity index (χ0n) is 13.2. The highest BCUT2D eigenvalue weighted by Gasteiger charge is 2.19. The van der Waals surface area contributed by atoms with Crippen LogP contribution in [0.2, 0.25) is 0 Å². The van der Waals surface area contributed by atoms with E-state index in [1.807, 2.05) is 18.2 Å². The number of esters is 1. The average molecular weight is 325 g/mol. The van der Waals surface area contributed by atoms with Crippen LogP contribution in [0.25, 0.3) is 16.7 Å². The number of oxazole rings is 1. The number of benzene rings is 2. The van der Waals surface area contributed by atoms with Gasteiger partial charge in [-0.25, -0.2) is 4.79 Å². The Morgan fingerprint density at radius 2 is 1.83 bits per heavy atom. The van der Waals surface area contributed by atoms with E-state index in [1.54, 1.807) is 30.3 Å². The fourth-order valence-corrected chi connectivity index (χ4v) is 2.22. The molecule has 0 fully saturated rings. The van der Waals surface area contributed by atoms with Gasteiger partial charge in [0.2, 0.25) is 0 Å². The van der Waals surface area contributed by atoms with Gasteiger partial charge in [0.05, 0.1) is 20.5 Å². The quantitative estimate of drug-likeness (QED) is 0.404. The van der Waals surface area contributed by atoms with Gasteiger partial charge in [0.1, 0.15) is 16.8 Å². The third-order valence-corrected chi connectivity index (χ3v) is 3.29. The highest BCUT2D eigenvalue weighted by molar-refractivity contribution is 6.17. The lowest BCUT2D eigenvalue weighted by Gasteiger charge is -2.10. The van der Waals surface area contributed by atoms with Crippen molar-refractivity contribution in [2.75, 3.05) is 14.2 Å². The Morgan fingerprint density at radius 1 is 1.08 bits per heavy atom. The van der Waals surface area contributed by atoms with E-state index in [1.165, 1.54) is 20.5 Å². The van der Waals surface area contributed by atoms with Crippen molar-refractivity contribution in [1.82, 2.24) is 4.98 Å². The molecule has 0 saturated heterocycles. The molecule has 2 aromatic carbocycles. The van der Waals surface area contributed by atoms with Gasteiger partial charge in [-0.1, -0.05) is 30.3 Å². The number of hydrogen-bond acceptors (Lipinski definition) is 6. The molecule has 6 nitrogen and oxygen atoms in total. The number of ether oxygens (including phenoxy) is 3. The maximum absolute atomic E-state index is 12.0. The first-order valence-corrected chi connectivity index (χ1v) is 7.17. The number of para-hydroxylation sites is 3. The molecule has 0 spiro atoms. The molecule has 122 valence electrons. The molecule has 3 rings (SSSR count). The normalized spacial score (nSPS) is 11.3. The molecule has 0 N–H and O–H groups in total. The summed E-state index contributed by atoms with van der Waals surface area (Å²) in [7, 11) is 2.75. The van der Waals surface area contributed by atoms with E-state index in [9.17, 15) is 4.79 Å². The number of aromatic nitrogens is 1. The Labute approximate surface area is 138 Å². The van der Waals surface area contributed by atoms with Crippen LogP contribution in [0.15, 0.2) is 59.2 Å². The van der Waals surface area contributed by atoms with Crippen molar-refractivity contribution >= 4 is 22.6 Å². The lowest BCUT2D eigenvalue weighted by atomic mass is 10.1. The summed E-state index contributed by atoms with van der Waals surface area (Å²) >= 11 is 0. The first-order valence-electron chi connectivity index (χ1n) is 7.17. The minimum Gasteiger partial charge on any atom is -0.503 e. The number of nitrogens with zero attached hydrogens (tertiary/aromatic N) is 1. The molecular weight excluding hydrogens is 310 g/mol. The van der Waals surface area contributed by atoms with Crippen LogP contribution >= 0.6 is 0 Å². The van der Waals surface area contributed by atoms with Gasteiger partial charge in [0, 0.05) is 5.56 Å². The second kappa shape index (κ2) is 6.87. The number of methoxy groups -OCH3 is 2. The fourth-order valence-electron chi connectivity index (χ4n) is 2.22. The largest absolute Gasteiger partial charge is 0.503 e. The van der Waals surface area contributed by atoms with E-state index < -0.39 is 5.97 Å². The van der Waals surface area contributed by atoms with Crippen molar-refractivity contribution in [3.05, 3.63) is 60.4 Å². The zero-order chi connectivity index (χ0) is 16.9. The van der Waals surface area contributed by atoms with E-state index in [-0.39, 0.29) is 11.6 Å². The lowest BCUT2D eigenvalue weighted by Crippen LogP contribution is -2.05. The van der Waals surface area contributed by atoms with Gasteiger partial charge in [0.15, 0.2) is 5.58 Å². The van der Waals surface area contributed by atoms with Crippen LogP contribution in [0, 0.1) is 0 Å². The van der Waals surface area contributed by atoms with E-state index in [0.29, 0.717) is 22.4 Å². The molecule has 0 aliphatic rings. The molecule has 0 saturated carbocycles. The number of carbonyl (C=O) groups excluding carboxylic acids is 1. The van der Waals surface area contributed by atoms with E-state index in [4.69, 9.17) is 18.6 Å². The first kappa shape index (κ1) is 15.6. The molecule has 0 radical (unpaired) electrons. The van der Waals surface area contributed by atoms with Crippen LogP contribution in [0.5, 0.6) is 11.8 Å². The summed E-state index contributed by atoms with van der Waals surface area (Å²) in [4.78, 5) is 16.2. The van der Waals surface area contributed by atoms with Crippen LogP contribution in [0.3, 0.4) is 0 Å². The molecule has 0 atom stereocenters. The van der Waals surface area contributed by atoms with Gasteiger partial charge in [-0.2, -0.15) is 4.98 Å². The number of carbonyl (C=O) groups is 1. The predicted molar refractivity (Wildman–Crippen MR) is 87.5 cm³/mol. The summed E-state index contributed by atoms with van der Waals surface area (Å²) in [5.41, 5.74) is 2.04. The lowest BCUT2D eigenvalue weighted by molar-refractivity contribution is -0.133. The minimum atomic E-state index is -0.537. The van der Waals surface area contributed by atoms with E-state index >= 15 is 0 Å². The molecule has 24 heavy (non-hydrogen) atoms. The molecule has 1 aromatic heterocycles. The standard InChI is InChI=1S/C18H15NO5/c1-21-11-13(17(20)22-2)12-7-3-5-9-15(12)23-18-19-14-8-4-6-10-16(14)24-18/h3-11H,1-2H3/b13-11+. The summed E-state index contributed by atoms with van der Waals surface area (Å²) in [6, 6.07) is 14.3. The van der Waals surface area contributed by atoms with Crippen LogP contribution in [-0.2, 0) is 14.3 Å². The van der Waals surface area contributed by atoms with Gasteiger partial charge in [-0.3, -0.25) is 0 Å². The third-order valence-electron chi connectivity index (χ3n) is 3.29. The van der Waals surface area contributed by atoms with E-state index in [0.717, 1.165) is 0 Å². The summed E-state index contributed by atoms with van der Waals surface area (Å²) < 4.78 is 21.1. The number of hydrogen-bond donors (Lipinski definition) is 0. The number of fused-ring (bicyclic) bond motifs is 1. The van der Waals surface area contributed by atoms with E-state index in [2.05, 4.69) is 4.98 Å². The van der Waals surface area contributed by atoms with Gasteiger partial charge >= 0.3 is 12.0 Å². The Morgan fingerprint density at radius 3 is 2.58 bits per heavy atom. The summed E-state index contributed by atoms with van der Waals surface area (Å²) in [5.74, 6) is -0.136. The molecule has 0 unspecified atom stereocenters. The average Bonchev–Trinajstić information content (AvgIpc) is 3.02. The predicted octanol–water partition coefficient (Wildman–Crippen LogP) is 3.78. The van der Waals surface area contributed by atoms with Crippen molar-refractivity contribution in [2.24, 2.45) is 0 Å². The third kappa shape index (κ3) is 3.08. The number of rotatable bonds is 5. The SMILES string of the molecule is CO/C=C(/C(=O)OC)c1ccccc1Oc1nc2ccccc2o1. The van der Waals surface area contributed by atoms with Crippen LogP contribution in [0.4, 0.5) is 0 Å². The smallest absolute Gasteiger partial charge is 0.400 e. The van der Waals surface area contributed by atoms with Crippen LogP contribution in [-0.4, -0.2) is 25.2 Å². The van der Waals surface area contributed by atoms with Gasteiger partial charge in [-0.15, -0.1) is 0 Å². The molecule has 1 heterocycles. The second-order valence-corrected chi connectivity index (χ2v) is 4.80. The Balaban J connectivity index is 1.99. The molecule has 0 aliphatic carbocycles. The van der Waals surface area contributed by atoms with Crippen molar-refractivity contribution < 1.29 is 23.4 Å². The highest BCUT2D eigenvalue weighted by atomic mass is 16.6. The molecule has 6 heteroatoms. The highest BCUT2D eigenvalue weighted by Crippen LogP contribution is 2.32. The summed E-state index contributed by atoms with van der Waals surface area (Å²) in [5, 5.41) is 0. The maximum Gasteiger partial charge on any atom is 0.400 e. The Hall–Kier alpha value is -3.28. The van der Waals surface area contributed by atoms with Crippen molar-refractivity contribution in [2.45, 2.75) is 0 Å². The van der Waals surface area contributed by atoms with Gasteiger partial charge in [0.25, 0.3) is 0 Å². The van der Waals surface area contributed by atoms with Gasteiger partial charge < -0.3 is 18.6 Å². The van der Waals surface area contributed by atoms with Crippen molar-refractivity contribution in [1.29, 1.82) is 0 Å².